The first-order valence-electron chi connectivity index (χ1n) is 13.4. The summed E-state index contributed by atoms with van der Waals surface area (Å²) in [5.74, 6) is 0. The summed E-state index contributed by atoms with van der Waals surface area (Å²) in [5.41, 5.74) is 9.75. The molecular weight excluding hydrogens is 486 g/mol. The van der Waals surface area contributed by atoms with Crippen LogP contribution in [0.4, 0.5) is 0 Å². The van der Waals surface area contributed by atoms with Gasteiger partial charge in [0.05, 0.1) is 33.7 Å². The Hall–Kier alpha value is -5.59. The molecule has 0 aliphatic carbocycles. The summed E-state index contributed by atoms with van der Waals surface area (Å²) >= 11 is 0. The first-order chi connectivity index (χ1) is 19.8. The van der Waals surface area contributed by atoms with Crippen LogP contribution in [-0.4, -0.2) is 9.13 Å². The fourth-order valence-corrected chi connectivity index (χ4v) is 6.15. The van der Waals surface area contributed by atoms with E-state index in [2.05, 4.69) is 137 Å². The highest BCUT2D eigenvalue weighted by atomic mass is 15.0. The Kier molecular flexibility index (Phi) is 4.89. The molecule has 0 unspecified atom stereocenters. The van der Waals surface area contributed by atoms with Crippen LogP contribution >= 0.6 is 0 Å². The van der Waals surface area contributed by atoms with Crippen LogP contribution in [0.5, 0.6) is 0 Å². The fourth-order valence-electron chi connectivity index (χ4n) is 6.15. The summed E-state index contributed by atoms with van der Waals surface area (Å²) in [7, 11) is 0. The number of para-hydroxylation sites is 3. The van der Waals surface area contributed by atoms with Crippen molar-refractivity contribution in [3.8, 4) is 28.6 Å². The van der Waals surface area contributed by atoms with Crippen LogP contribution in [0.3, 0.4) is 0 Å². The van der Waals surface area contributed by atoms with Crippen LogP contribution in [0.25, 0.3) is 66.1 Å². The number of fused-ring (bicyclic) bond motifs is 6. The summed E-state index contributed by atoms with van der Waals surface area (Å²) in [6.07, 6.45) is 0. The van der Waals surface area contributed by atoms with E-state index in [-0.39, 0.29) is 0 Å². The number of aromatic nitrogens is 2. The third-order valence-corrected chi connectivity index (χ3v) is 7.93. The highest BCUT2D eigenvalue weighted by Gasteiger charge is 2.16. The molecule has 0 radical (unpaired) electrons. The maximum atomic E-state index is 9.56. The minimum absolute atomic E-state index is 0.652. The SMILES string of the molecule is N#Cc1cccc(-n2c3ccccc3c3ccc(-c4ccc5c6ccccc6n(-c6ccccc6)c5c4)cc32)c1. The molecule has 8 rings (SSSR count). The molecule has 0 bridgehead atoms. The average molecular weight is 510 g/mol. The molecule has 40 heavy (non-hydrogen) atoms. The third-order valence-electron chi connectivity index (χ3n) is 7.93. The summed E-state index contributed by atoms with van der Waals surface area (Å²) in [4.78, 5) is 0. The van der Waals surface area contributed by atoms with E-state index >= 15 is 0 Å². The Morgan fingerprint density at radius 2 is 0.900 bits per heavy atom. The Balaban J connectivity index is 1.40. The summed E-state index contributed by atoms with van der Waals surface area (Å²) in [6, 6.07) is 51.3. The molecule has 0 fully saturated rings. The van der Waals surface area contributed by atoms with Crippen LogP contribution in [0.1, 0.15) is 5.56 Å². The van der Waals surface area contributed by atoms with E-state index in [0.717, 1.165) is 33.5 Å². The van der Waals surface area contributed by atoms with E-state index < -0.39 is 0 Å². The van der Waals surface area contributed by atoms with Crippen molar-refractivity contribution in [1.82, 2.24) is 9.13 Å². The van der Waals surface area contributed by atoms with Crippen molar-refractivity contribution in [3.63, 3.8) is 0 Å². The molecule has 0 saturated carbocycles. The topological polar surface area (TPSA) is 33.6 Å². The highest BCUT2D eigenvalue weighted by molar-refractivity contribution is 6.12. The molecule has 6 aromatic carbocycles. The number of hydrogen-bond acceptors (Lipinski definition) is 1. The normalized spacial score (nSPS) is 11.5. The van der Waals surface area contributed by atoms with Gasteiger partial charge < -0.3 is 9.13 Å². The zero-order valence-corrected chi connectivity index (χ0v) is 21.6. The van der Waals surface area contributed by atoms with Crippen LogP contribution in [0, 0.1) is 11.3 Å². The Morgan fingerprint density at radius 1 is 0.400 bits per heavy atom. The van der Waals surface area contributed by atoms with Gasteiger partial charge in [-0.15, -0.1) is 0 Å². The molecule has 3 nitrogen and oxygen atoms in total. The van der Waals surface area contributed by atoms with Crippen LogP contribution in [0.2, 0.25) is 0 Å². The maximum Gasteiger partial charge on any atom is 0.0992 e. The van der Waals surface area contributed by atoms with Crippen molar-refractivity contribution >= 4 is 43.6 Å². The lowest BCUT2D eigenvalue weighted by atomic mass is 10.0. The molecule has 0 N–H and O–H groups in total. The minimum Gasteiger partial charge on any atom is -0.309 e. The molecule has 0 saturated heterocycles. The van der Waals surface area contributed by atoms with Gasteiger partial charge in [-0.3, -0.25) is 0 Å². The number of hydrogen-bond donors (Lipinski definition) is 0. The molecule has 0 atom stereocenters. The molecule has 0 aliphatic heterocycles. The lowest BCUT2D eigenvalue weighted by Crippen LogP contribution is -1.95. The average Bonchev–Trinajstić information content (AvgIpc) is 3.53. The van der Waals surface area contributed by atoms with Gasteiger partial charge in [0.15, 0.2) is 0 Å². The van der Waals surface area contributed by atoms with E-state index in [4.69, 9.17) is 0 Å². The monoisotopic (exact) mass is 509 g/mol. The Bertz CT molecular complexity index is 2280. The Labute approximate surface area is 231 Å². The molecule has 186 valence electrons. The molecule has 3 heteroatoms. The second kappa shape index (κ2) is 8.73. The van der Waals surface area contributed by atoms with Crippen molar-refractivity contribution in [2.75, 3.05) is 0 Å². The standard InChI is InChI=1S/C37H23N3/c38-24-25-9-8-12-29(21-25)40-35-16-7-5-14-31(35)33-20-18-27(23-37(33)40)26-17-19-32-30-13-4-6-15-34(30)39(36(32)22-26)28-10-2-1-3-11-28/h1-23H. The molecular formula is C37H23N3. The van der Waals surface area contributed by atoms with Gasteiger partial charge in [-0.2, -0.15) is 5.26 Å². The molecule has 0 aliphatic rings. The first kappa shape index (κ1) is 22.4. The fraction of sp³-hybridized carbons (Fsp3) is 0. The quantitative estimate of drug-likeness (QED) is 0.233. The van der Waals surface area contributed by atoms with Gasteiger partial charge in [-0.05, 0) is 65.7 Å². The smallest absolute Gasteiger partial charge is 0.0992 e. The van der Waals surface area contributed by atoms with Crippen LogP contribution in [0.15, 0.2) is 140 Å². The molecule has 2 aromatic heterocycles. The number of nitriles is 1. The third kappa shape index (κ3) is 3.30. The minimum atomic E-state index is 0.652. The molecule has 0 amide bonds. The van der Waals surface area contributed by atoms with Crippen molar-refractivity contribution in [3.05, 3.63) is 145 Å². The maximum absolute atomic E-state index is 9.56. The summed E-state index contributed by atoms with van der Waals surface area (Å²) < 4.78 is 4.63. The van der Waals surface area contributed by atoms with Gasteiger partial charge in [0.2, 0.25) is 0 Å². The van der Waals surface area contributed by atoms with Crippen LogP contribution < -0.4 is 0 Å². The van der Waals surface area contributed by atoms with E-state index in [9.17, 15) is 5.26 Å². The van der Waals surface area contributed by atoms with Gasteiger partial charge in [-0.1, -0.05) is 84.9 Å². The predicted octanol–water partition coefficient (Wildman–Crippen LogP) is 9.42. The zero-order valence-electron chi connectivity index (χ0n) is 21.6. The zero-order chi connectivity index (χ0) is 26.6. The highest BCUT2D eigenvalue weighted by Crippen LogP contribution is 2.38. The second-order valence-electron chi connectivity index (χ2n) is 10.2. The summed E-state index contributed by atoms with van der Waals surface area (Å²) in [6.45, 7) is 0. The van der Waals surface area contributed by atoms with Crippen molar-refractivity contribution in [1.29, 1.82) is 5.26 Å². The van der Waals surface area contributed by atoms with Gasteiger partial charge in [0, 0.05) is 32.9 Å². The molecule has 0 spiro atoms. The lowest BCUT2D eigenvalue weighted by molar-refractivity contribution is 1.18. The molecule has 8 aromatic rings. The van der Waals surface area contributed by atoms with Gasteiger partial charge >= 0.3 is 0 Å². The largest absolute Gasteiger partial charge is 0.309 e. The van der Waals surface area contributed by atoms with Gasteiger partial charge in [0.1, 0.15) is 0 Å². The van der Waals surface area contributed by atoms with Crippen LogP contribution in [-0.2, 0) is 0 Å². The van der Waals surface area contributed by atoms with E-state index in [1.54, 1.807) is 0 Å². The van der Waals surface area contributed by atoms with Crippen molar-refractivity contribution < 1.29 is 0 Å². The Morgan fingerprint density at radius 3 is 1.50 bits per heavy atom. The van der Waals surface area contributed by atoms with Crippen molar-refractivity contribution in [2.24, 2.45) is 0 Å². The van der Waals surface area contributed by atoms with Gasteiger partial charge in [0.25, 0.3) is 0 Å². The lowest BCUT2D eigenvalue weighted by Gasteiger charge is -2.11. The second-order valence-corrected chi connectivity index (χ2v) is 10.2. The first-order valence-corrected chi connectivity index (χ1v) is 13.4. The number of rotatable bonds is 3. The number of benzene rings is 6. The molecule has 2 heterocycles. The van der Waals surface area contributed by atoms with E-state index in [1.165, 1.54) is 32.6 Å². The van der Waals surface area contributed by atoms with Gasteiger partial charge in [-0.25, -0.2) is 0 Å². The number of nitrogens with zero attached hydrogens (tertiary/aromatic N) is 3. The van der Waals surface area contributed by atoms with Crippen molar-refractivity contribution in [2.45, 2.75) is 0 Å². The predicted molar refractivity (Wildman–Crippen MR) is 165 cm³/mol. The summed E-state index contributed by atoms with van der Waals surface area (Å²) in [5, 5.41) is 14.5. The van der Waals surface area contributed by atoms with E-state index in [1.807, 2.05) is 18.2 Å². The van der Waals surface area contributed by atoms with E-state index in [0.29, 0.717) is 5.56 Å².